The van der Waals surface area contributed by atoms with Crippen molar-refractivity contribution < 1.29 is 26.5 Å². The molecule has 0 saturated carbocycles. The number of carbonyl (C=O) groups is 1. The van der Waals surface area contributed by atoms with Gasteiger partial charge in [-0.2, -0.15) is 8.42 Å². The fourth-order valence-electron chi connectivity index (χ4n) is 2.39. The average molecular weight is 369 g/mol. The first-order chi connectivity index (χ1) is 11.9. The number of carbonyl (C=O) groups excluding carboxylic acids is 1. The van der Waals surface area contributed by atoms with E-state index in [0.717, 1.165) is 16.3 Å². The third-order valence-electron chi connectivity index (χ3n) is 3.72. The van der Waals surface area contributed by atoms with E-state index in [4.69, 9.17) is 8.92 Å². The summed E-state index contributed by atoms with van der Waals surface area (Å²) in [6, 6.07) is 11.4. The number of rotatable bonds is 8. The molecule has 2 rings (SSSR count). The van der Waals surface area contributed by atoms with E-state index < -0.39 is 28.6 Å². The van der Waals surface area contributed by atoms with E-state index in [0.29, 0.717) is 5.75 Å². The van der Waals surface area contributed by atoms with Crippen LogP contribution in [0.25, 0.3) is 10.8 Å². The highest BCUT2D eigenvalue weighted by Crippen LogP contribution is 2.29. The molecule has 6 nitrogen and oxygen atoms in total. The average Bonchev–Trinajstić information content (AvgIpc) is 2.63. The molecule has 0 saturated heterocycles. The molecule has 2 aromatic rings. The molecule has 0 aliphatic rings. The van der Waals surface area contributed by atoms with Crippen LogP contribution in [0.2, 0.25) is 0 Å². The van der Waals surface area contributed by atoms with Crippen molar-refractivity contribution in [1.29, 1.82) is 0 Å². The zero-order valence-corrected chi connectivity index (χ0v) is 14.8. The number of hydrogen-bond acceptors (Lipinski definition) is 5. The first-order valence-corrected chi connectivity index (χ1v) is 9.20. The molecule has 0 heterocycles. The molecule has 0 fully saturated rings. The molecule has 0 radical (unpaired) electrons. The van der Waals surface area contributed by atoms with Crippen LogP contribution >= 0.6 is 0 Å². The lowest BCUT2D eigenvalue weighted by atomic mass is 9.95. The molecule has 1 amide bonds. The predicted molar refractivity (Wildman–Crippen MR) is 92.8 cm³/mol. The lowest BCUT2D eigenvalue weighted by Crippen LogP contribution is -2.32. The Morgan fingerprint density at radius 3 is 2.72 bits per heavy atom. The largest absolute Gasteiger partial charge is 0.497 e. The van der Waals surface area contributed by atoms with Gasteiger partial charge in [0.25, 0.3) is 16.0 Å². The van der Waals surface area contributed by atoms with Crippen LogP contribution in [0.5, 0.6) is 5.75 Å². The maximum Gasteiger partial charge on any atom is 0.285 e. The topological polar surface area (TPSA) is 81.7 Å². The molecule has 25 heavy (non-hydrogen) atoms. The maximum absolute atomic E-state index is 12.0. The lowest BCUT2D eigenvalue weighted by molar-refractivity contribution is -0.121. The van der Waals surface area contributed by atoms with Gasteiger partial charge >= 0.3 is 0 Å². The molecule has 0 bridgehead atoms. The van der Waals surface area contributed by atoms with Crippen molar-refractivity contribution in [2.45, 2.75) is 12.8 Å². The monoisotopic (exact) mass is 369 g/mol. The van der Waals surface area contributed by atoms with Crippen molar-refractivity contribution >= 4 is 26.8 Å². The number of amides is 1. The molecule has 1 atom stereocenters. The molecule has 8 heteroatoms. The summed E-state index contributed by atoms with van der Waals surface area (Å²) >= 11 is 0. The fraction of sp³-hybridized carbons (Fsp3) is 0.353. The van der Waals surface area contributed by atoms with E-state index in [1.54, 1.807) is 7.11 Å². The molecule has 1 N–H and O–H groups in total. The second-order valence-electron chi connectivity index (χ2n) is 5.56. The molecular weight excluding hydrogens is 349 g/mol. The zero-order chi connectivity index (χ0) is 18.4. The minimum Gasteiger partial charge on any atom is -0.497 e. The number of ether oxygens (including phenoxy) is 1. The summed E-state index contributed by atoms with van der Waals surface area (Å²) in [5, 5.41) is 3.89. The number of benzene rings is 2. The number of alkyl halides is 1. The van der Waals surface area contributed by atoms with E-state index in [9.17, 15) is 17.6 Å². The van der Waals surface area contributed by atoms with Crippen LogP contribution in [0, 0.1) is 0 Å². The summed E-state index contributed by atoms with van der Waals surface area (Å²) in [4.78, 5) is 10.8. The van der Waals surface area contributed by atoms with E-state index >= 15 is 0 Å². The normalized spacial score (nSPS) is 12.8. The molecule has 0 aliphatic heterocycles. The summed E-state index contributed by atoms with van der Waals surface area (Å²) in [7, 11) is -2.40. The highest BCUT2D eigenvalue weighted by Gasteiger charge is 2.17. The highest BCUT2D eigenvalue weighted by molar-refractivity contribution is 7.86. The first kappa shape index (κ1) is 19.1. The SMILES string of the molecule is COc1ccc2cccc(C(C)COS(=O)(=O)CNC(=O)CF)c2c1. The van der Waals surface area contributed by atoms with E-state index in [2.05, 4.69) is 0 Å². The Morgan fingerprint density at radius 2 is 2.04 bits per heavy atom. The summed E-state index contributed by atoms with van der Waals surface area (Å²) in [5.41, 5.74) is 0.916. The van der Waals surface area contributed by atoms with Crippen LogP contribution in [0.3, 0.4) is 0 Å². The fourth-order valence-corrected chi connectivity index (χ4v) is 3.22. The van der Waals surface area contributed by atoms with E-state index in [1.807, 2.05) is 48.6 Å². The third kappa shape index (κ3) is 5.14. The Hall–Kier alpha value is -2.19. The Morgan fingerprint density at radius 1 is 1.28 bits per heavy atom. The van der Waals surface area contributed by atoms with Crippen LogP contribution in [-0.2, 0) is 19.1 Å². The van der Waals surface area contributed by atoms with Gasteiger partial charge < -0.3 is 10.1 Å². The van der Waals surface area contributed by atoms with Crippen LogP contribution in [0.1, 0.15) is 18.4 Å². The van der Waals surface area contributed by atoms with Gasteiger partial charge in [0.1, 0.15) is 11.6 Å². The van der Waals surface area contributed by atoms with Crippen molar-refractivity contribution in [2.75, 3.05) is 26.3 Å². The Balaban J connectivity index is 2.12. The van der Waals surface area contributed by atoms with E-state index in [-0.39, 0.29) is 12.5 Å². The molecule has 0 spiro atoms. The van der Waals surface area contributed by atoms with Gasteiger partial charge in [0.05, 0.1) is 13.7 Å². The molecule has 136 valence electrons. The van der Waals surface area contributed by atoms with Gasteiger partial charge in [-0.1, -0.05) is 31.2 Å². The highest BCUT2D eigenvalue weighted by atomic mass is 32.2. The van der Waals surface area contributed by atoms with Crippen LogP contribution in [-0.4, -0.2) is 40.6 Å². The summed E-state index contributed by atoms with van der Waals surface area (Å²) in [6.45, 7) is 0.470. The molecule has 1 unspecified atom stereocenters. The van der Waals surface area contributed by atoms with Crippen molar-refractivity contribution in [3.05, 3.63) is 42.0 Å². The van der Waals surface area contributed by atoms with Gasteiger partial charge in [-0.25, -0.2) is 4.39 Å². The van der Waals surface area contributed by atoms with Gasteiger partial charge in [-0.05, 0) is 28.5 Å². The minimum atomic E-state index is -3.98. The second-order valence-corrected chi connectivity index (χ2v) is 7.20. The van der Waals surface area contributed by atoms with Gasteiger partial charge in [-0.15, -0.1) is 0 Å². The zero-order valence-electron chi connectivity index (χ0n) is 14.0. The standard InChI is InChI=1S/C17H20FNO5S/c1-12(10-24-25(21,22)11-19-17(20)9-18)15-5-3-4-13-6-7-14(23-2)8-16(13)15/h3-8,12H,9-11H2,1-2H3,(H,19,20). The van der Waals surface area contributed by atoms with Crippen LogP contribution in [0.4, 0.5) is 4.39 Å². The number of halogens is 1. The molecule has 2 aromatic carbocycles. The first-order valence-electron chi connectivity index (χ1n) is 7.62. The number of fused-ring (bicyclic) bond motifs is 1. The minimum absolute atomic E-state index is 0.0931. The van der Waals surface area contributed by atoms with Crippen molar-refractivity contribution in [2.24, 2.45) is 0 Å². The van der Waals surface area contributed by atoms with E-state index in [1.165, 1.54) is 0 Å². The number of methoxy groups -OCH3 is 1. The smallest absolute Gasteiger partial charge is 0.285 e. The molecular formula is C17H20FNO5S. The predicted octanol–water partition coefficient (Wildman–Crippen LogP) is 2.34. The summed E-state index contributed by atoms with van der Waals surface area (Å²) in [6.07, 6.45) is 0. The van der Waals surface area contributed by atoms with Gasteiger partial charge in [0.15, 0.2) is 6.67 Å². The van der Waals surface area contributed by atoms with Crippen molar-refractivity contribution in [3.63, 3.8) is 0 Å². The van der Waals surface area contributed by atoms with Gasteiger partial charge in [0, 0.05) is 5.92 Å². The van der Waals surface area contributed by atoms with Gasteiger partial charge in [-0.3, -0.25) is 8.98 Å². The van der Waals surface area contributed by atoms with Crippen molar-refractivity contribution in [3.8, 4) is 5.75 Å². The van der Waals surface area contributed by atoms with Crippen LogP contribution in [0.15, 0.2) is 36.4 Å². The van der Waals surface area contributed by atoms with Crippen molar-refractivity contribution in [1.82, 2.24) is 5.32 Å². The third-order valence-corrected chi connectivity index (χ3v) is 4.71. The summed E-state index contributed by atoms with van der Waals surface area (Å²) < 4.78 is 45.8. The Labute approximate surface area is 146 Å². The Bertz CT molecular complexity index is 853. The second kappa shape index (κ2) is 8.26. The van der Waals surface area contributed by atoms with Crippen LogP contribution < -0.4 is 10.1 Å². The Kier molecular flexibility index (Phi) is 6.33. The summed E-state index contributed by atoms with van der Waals surface area (Å²) in [5.74, 6) is -1.27. The molecule has 0 aromatic heterocycles. The number of nitrogens with one attached hydrogen (secondary N) is 1. The number of hydrogen-bond donors (Lipinski definition) is 1. The lowest BCUT2D eigenvalue weighted by Gasteiger charge is -2.15. The molecule has 0 aliphatic carbocycles. The quantitative estimate of drug-likeness (QED) is 0.723. The maximum atomic E-state index is 12.0. The van der Waals surface area contributed by atoms with Gasteiger partial charge in [0.2, 0.25) is 0 Å².